The molecule has 1 heterocycles. The summed E-state index contributed by atoms with van der Waals surface area (Å²) in [6.07, 6.45) is 3.25. The van der Waals surface area contributed by atoms with Crippen molar-refractivity contribution in [3.05, 3.63) is 64.7 Å². The van der Waals surface area contributed by atoms with Gasteiger partial charge < -0.3 is 4.74 Å². The molecular weight excluding hydrogens is 426 g/mol. The fourth-order valence-corrected chi connectivity index (χ4v) is 5.34. The molecule has 1 aliphatic rings. The highest BCUT2D eigenvalue weighted by molar-refractivity contribution is 7.89. The third-order valence-corrected chi connectivity index (χ3v) is 7.36. The number of sulfonamides is 1. The normalized spacial score (nSPS) is 15.0. The lowest BCUT2D eigenvalue weighted by Gasteiger charge is -2.26. The molecular formula is C22H24ClNO5S. The first-order valence-corrected chi connectivity index (χ1v) is 11.8. The Hall–Kier alpha value is -2.22. The highest BCUT2D eigenvalue weighted by Crippen LogP contribution is 2.28. The second kappa shape index (κ2) is 10.2. The van der Waals surface area contributed by atoms with Crippen molar-refractivity contribution in [1.82, 2.24) is 4.31 Å². The van der Waals surface area contributed by atoms with Gasteiger partial charge in [-0.1, -0.05) is 48.4 Å². The van der Waals surface area contributed by atoms with Crippen molar-refractivity contribution in [2.45, 2.75) is 37.0 Å². The molecule has 0 saturated carbocycles. The van der Waals surface area contributed by atoms with E-state index in [0.29, 0.717) is 25.1 Å². The van der Waals surface area contributed by atoms with Crippen LogP contribution in [0.25, 0.3) is 0 Å². The Labute approximate surface area is 181 Å². The van der Waals surface area contributed by atoms with Crippen molar-refractivity contribution in [3.8, 4) is 0 Å². The molecule has 0 bridgehead atoms. The number of hydrogen-bond donors (Lipinski definition) is 0. The zero-order valence-electron chi connectivity index (χ0n) is 16.6. The number of nitrogens with zero attached hydrogens (tertiary/aromatic N) is 1. The second-order valence-electron chi connectivity index (χ2n) is 7.14. The number of esters is 1. The predicted octanol–water partition coefficient (Wildman–Crippen LogP) is 4.33. The van der Waals surface area contributed by atoms with Crippen molar-refractivity contribution in [3.63, 3.8) is 0 Å². The summed E-state index contributed by atoms with van der Waals surface area (Å²) in [7, 11) is -3.77. The van der Waals surface area contributed by atoms with Crippen molar-refractivity contribution < 1.29 is 22.7 Å². The number of ketones is 1. The quantitative estimate of drug-likeness (QED) is 0.340. The van der Waals surface area contributed by atoms with Gasteiger partial charge in [0.25, 0.3) is 0 Å². The SMILES string of the molecule is O=C(CCCOC(=O)c1ccc(Cl)c(S(=O)(=O)N2CCCCC2)c1)c1ccccc1. The van der Waals surface area contributed by atoms with E-state index in [1.54, 1.807) is 24.3 Å². The topological polar surface area (TPSA) is 80.8 Å². The van der Waals surface area contributed by atoms with Gasteiger partial charge in [0.05, 0.1) is 17.2 Å². The van der Waals surface area contributed by atoms with E-state index in [9.17, 15) is 18.0 Å². The molecule has 0 unspecified atom stereocenters. The van der Waals surface area contributed by atoms with Gasteiger partial charge in [-0.2, -0.15) is 4.31 Å². The Bertz CT molecular complexity index is 1000. The Morgan fingerprint density at radius 3 is 2.37 bits per heavy atom. The summed E-state index contributed by atoms with van der Waals surface area (Å²) >= 11 is 6.13. The molecule has 1 saturated heterocycles. The van der Waals surface area contributed by atoms with Gasteiger partial charge in [-0.15, -0.1) is 0 Å². The summed E-state index contributed by atoms with van der Waals surface area (Å²) in [5.41, 5.74) is 0.735. The van der Waals surface area contributed by atoms with Crippen LogP contribution in [0.5, 0.6) is 0 Å². The van der Waals surface area contributed by atoms with E-state index < -0.39 is 16.0 Å². The maximum atomic E-state index is 12.9. The molecule has 0 aromatic heterocycles. The fourth-order valence-electron chi connectivity index (χ4n) is 3.32. The third kappa shape index (κ3) is 5.47. The van der Waals surface area contributed by atoms with E-state index >= 15 is 0 Å². The standard InChI is InChI=1S/C22H24ClNO5S/c23-19-12-11-18(16-21(19)30(27,28)24-13-5-2-6-14-24)22(26)29-15-7-10-20(25)17-8-3-1-4-9-17/h1,3-4,8-9,11-12,16H,2,5-7,10,13-15H2. The van der Waals surface area contributed by atoms with E-state index in [2.05, 4.69) is 0 Å². The first-order chi connectivity index (χ1) is 14.4. The molecule has 1 aliphatic heterocycles. The van der Waals surface area contributed by atoms with Crippen LogP contribution in [0, 0.1) is 0 Å². The minimum absolute atomic E-state index is 0.0203. The largest absolute Gasteiger partial charge is 0.462 e. The molecule has 2 aromatic rings. The Morgan fingerprint density at radius 1 is 0.967 bits per heavy atom. The van der Waals surface area contributed by atoms with Gasteiger partial charge in [0, 0.05) is 25.1 Å². The molecule has 2 aromatic carbocycles. The van der Waals surface area contributed by atoms with E-state index in [1.807, 2.05) is 6.07 Å². The van der Waals surface area contributed by atoms with Crippen LogP contribution in [0.4, 0.5) is 0 Å². The number of carbonyl (C=O) groups excluding carboxylic acids is 2. The lowest BCUT2D eigenvalue weighted by atomic mass is 10.1. The summed E-state index contributed by atoms with van der Waals surface area (Å²) in [5.74, 6) is -0.665. The second-order valence-corrected chi connectivity index (χ2v) is 9.45. The van der Waals surface area contributed by atoms with Gasteiger partial charge in [0.1, 0.15) is 4.90 Å². The van der Waals surface area contributed by atoms with Gasteiger partial charge in [-0.05, 0) is 37.5 Å². The highest BCUT2D eigenvalue weighted by atomic mass is 35.5. The number of benzene rings is 2. The predicted molar refractivity (Wildman–Crippen MR) is 114 cm³/mol. The molecule has 0 spiro atoms. The van der Waals surface area contributed by atoms with Crippen LogP contribution in [0.2, 0.25) is 5.02 Å². The minimum atomic E-state index is -3.77. The summed E-state index contributed by atoms with van der Waals surface area (Å²) in [5, 5.41) is 0.0746. The first-order valence-electron chi connectivity index (χ1n) is 9.94. The van der Waals surface area contributed by atoms with Gasteiger partial charge in [0.15, 0.2) is 5.78 Å². The number of rotatable bonds is 8. The number of halogens is 1. The summed E-state index contributed by atoms with van der Waals surface area (Å²) in [6.45, 7) is 0.958. The van der Waals surface area contributed by atoms with Crippen LogP contribution in [-0.2, 0) is 14.8 Å². The van der Waals surface area contributed by atoms with Crippen LogP contribution in [0.15, 0.2) is 53.4 Å². The molecule has 1 fully saturated rings. The van der Waals surface area contributed by atoms with Crippen LogP contribution >= 0.6 is 11.6 Å². The lowest BCUT2D eigenvalue weighted by molar-refractivity contribution is 0.0494. The van der Waals surface area contributed by atoms with Crippen LogP contribution in [0.3, 0.4) is 0 Å². The summed E-state index contributed by atoms with van der Waals surface area (Å²) in [6, 6.07) is 13.0. The monoisotopic (exact) mass is 449 g/mol. The molecule has 3 rings (SSSR count). The molecule has 160 valence electrons. The highest BCUT2D eigenvalue weighted by Gasteiger charge is 2.29. The zero-order chi connectivity index (χ0) is 21.6. The molecule has 30 heavy (non-hydrogen) atoms. The fraction of sp³-hybridized carbons (Fsp3) is 0.364. The van der Waals surface area contributed by atoms with E-state index in [-0.39, 0.29) is 34.3 Å². The molecule has 0 atom stereocenters. The molecule has 0 N–H and O–H groups in total. The van der Waals surface area contributed by atoms with Gasteiger partial charge in [-0.25, -0.2) is 13.2 Å². The average molecular weight is 450 g/mol. The molecule has 8 heteroatoms. The molecule has 6 nitrogen and oxygen atoms in total. The molecule has 0 radical (unpaired) electrons. The van der Waals surface area contributed by atoms with Crippen molar-refractivity contribution in [2.24, 2.45) is 0 Å². The number of carbonyl (C=O) groups is 2. The number of Topliss-reactive ketones (excluding diaryl/α,β-unsaturated/α-hetero) is 1. The van der Waals surface area contributed by atoms with Gasteiger partial charge >= 0.3 is 5.97 Å². The summed E-state index contributed by atoms with van der Waals surface area (Å²) in [4.78, 5) is 24.4. The maximum Gasteiger partial charge on any atom is 0.338 e. The van der Waals surface area contributed by atoms with Gasteiger partial charge in [0.2, 0.25) is 10.0 Å². The van der Waals surface area contributed by atoms with Crippen molar-refractivity contribution in [1.29, 1.82) is 0 Å². The van der Waals surface area contributed by atoms with Gasteiger partial charge in [-0.3, -0.25) is 4.79 Å². The van der Waals surface area contributed by atoms with Crippen LogP contribution < -0.4 is 0 Å². The van der Waals surface area contributed by atoms with E-state index in [1.165, 1.54) is 22.5 Å². The number of piperidine rings is 1. The Morgan fingerprint density at radius 2 is 1.67 bits per heavy atom. The van der Waals surface area contributed by atoms with Crippen LogP contribution in [0.1, 0.15) is 52.8 Å². The summed E-state index contributed by atoms with van der Waals surface area (Å²) < 4.78 is 32.4. The maximum absolute atomic E-state index is 12.9. The van der Waals surface area contributed by atoms with E-state index in [4.69, 9.17) is 16.3 Å². The first kappa shape index (κ1) is 22.5. The Kier molecular flexibility index (Phi) is 7.64. The lowest BCUT2D eigenvalue weighted by Crippen LogP contribution is -2.35. The van der Waals surface area contributed by atoms with E-state index in [0.717, 1.165) is 19.3 Å². The average Bonchev–Trinajstić information content (AvgIpc) is 2.77. The molecule has 0 aliphatic carbocycles. The number of hydrogen-bond acceptors (Lipinski definition) is 5. The Balaban J connectivity index is 1.60. The van der Waals surface area contributed by atoms with Crippen molar-refractivity contribution >= 4 is 33.4 Å². The molecule has 0 amide bonds. The zero-order valence-corrected chi connectivity index (χ0v) is 18.1. The number of ether oxygens (including phenoxy) is 1. The smallest absolute Gasteiger partial charge is 0.338 e. The third-order valence-electron chi connectivity index (χ3n) is 4.98. The minimum Gasteiger partial charge on any atom is -0.462 e. The van der Waals surface area contributed by atoms with Crippen LogP contribution in [-0.4, -0.2) is 44.2 Å². The van der Waals surface area contributed by atoms with Crippen molar-refractivity contribution in [2.75, 3.05) is 19.7 Å².